The van der Waals surface area contributed by atoms with Gasteiger partial charge in [-0.15, -0.1) is 0 Å². The van der Waals surface area contributed by atoms with Gasteiger partial charge in [-0.3, -0.25) is 20.2 Å². The first-order valence-corrected chi connectivity index (χ1v) is 17.1. The highest BCUT2D eigenvalue weighted by Crippen LogP contribution is 2.34. The summed E-state index contributed by atoms with van der Waals surface area (Å²) in [7, 11) is 0. The van der Waals surface area contributed by atoms with Crippen molar-refractivity contribution in [3.63, 3.8) is 0 Å². The minimum Gasteiger partial charge on any atom is -0.493 e. The van der Waals surface area contributed by atoms with E-state index in [1.807, 2.05) is 41.5 Å². The van der Waals surface area contributed by atoms with E-state index in [0.29, 0.717) is 63.6 Å². The van der Waals surface area contributed by atoms with Crippen LogP contribution in [-0.4, -0.2) is 86.2 Å². The van der Waals surface area contributed by atoms with E-state index in [-0.39, 0.29) is 37.6 Å². The summed E-state index contributed by atoms with van der Waals surface area (Å²) >= 11 is 0. The molecular formula is C36H48N2O14. The van der Waals surface area contributed by atoms with Gasteiger partial charge in [0.15, 0.2) is 11.6 Å². The van der Waals surface area contributed by atoms with Gasteiger partial charge in [-0.25, -0.2) is 9.59 Å². The topological polar surface area (TPSA) is 194 Å². The molecule has 286 valence electrons. The standard InChI is InChI=1S/C36H48N2O14/c1-33(2)49-21-35(5,22-50-33)19-47-29-15-26(16-30(18-29)48-20-36(6)23-51-34(3,4)52-24-36)32(40)46-12-10-8-7-9-11-45-31(39)25-13-27(37(41)42)17-28(14-25)38(43)44/h13-18H,7-12,19-24H2,1-6H3. The average molecular weight is 733 g/mol. The molecule has 2 aliphatic heterocycles. The Morgan fingerprint density at radius 2 is 0.962 bits per heavy atom. The molecule has 0 spiro atoms. The molecule has 0 atom stereocenters. The van der Waals surface area contributed by atoms with Crippen LogP contribution in [0.4, 0.5) is 11.4 Å². The Bertz CT molecular complexity index is 1500. The maximum atomic E-state index is 13.2. The number of nitro benzene ring substituents is 2. The number of carbonyl (C=O) groups excluding carboxylic acids is 2. The molecule has 0 N–H and O–H groups in total. The highest BCUT2D eigenvalue weighted by molar-refractivity contribution is 5.91. The third-order valence-corrected chi connectivity index (χ3v) is 8.43. The van der Waals surface area contributed by atoms with Crippen molar-refractivity contribution in [1.82, 2.24) is 0 Å². The number of unbranched alkanes of at least 4 members (excludes halogenated alkanes) is 3. The van der Waals surface area contributed by atoms with Crippen molar-refractivity contribution in [2.24, 2.45) is 10.8 Å². The summed E-state index contributed by atoms with van der Waals surface area (Å²) in [6.45, 7) is 13.9. The number of non-ortho nitro benzene ring substituents is 2. The summed E-state index contributed by atoms with van der Waals surface area (Å²) in [5, 5.41) is 22.2. The average Bonchev–Trinajstić information content (AvgIpc) is 3.10. The van der Waals surface area contributed by atoms with Gasteiger partial charge in [0, 0.05) is 29.0 Å². The zero-order valence-electron chi connectivity index (χ0n) is 30.6. The monoisotopic (exact) mass is 732 g/mol. The van der Waals surface area contributed by atoms with E-state index in [9.17, 15) is 29.8 Å². The third-order valence-electron chi connectivity index (χ3n) is 8.43. The van der Waals surface area contributed by atoms with E-state index in [2.05, 4.69) is 0 Å². The second-order valence-electron chi connectivity index (χ2n) is 14.8. The SMILES string of the molecule is CC1(COc2cc(OCC3(C)COC(C)(C)OC3)cc(C(=O)OCCCCCCOC(=O)c3cc([N+](=O)[O-])cc([N+](=O)[O-])c3)c2)COC(C)(C)OC1. The molecule has 2 saturated heterocycles. The number of carbonyl (C=O) groups is 2. The number of benzene rings is 2. The minimum absolute atomic E-state index is 0.00872. The van der Waals surface area contributed by atoms with Crippen LogP contribution in [-0.2, 0) is 28.4 Å². The molecule has 16 heteroatoms. The fourth-order valence-electron chi connectivity index (χ4n) is 5.07. The molecule has 2 heterocycles. The van der Waals surface area contributed by atoms with Crippen molar-refractivity contribution >= 4 is 23.3 Å². The van der Waals surface area contributed by atoms with Gasteiger partial charge in [-0.05, 0) is 65.5 Å². The molecule has 52 heavy (non-hydrogen) atoms. The van der Waals surface area contributed by atoms with Crippen LogP contribution in [0, 0.1) is 31.1 Å². The number of esters is 2. The number of hydrogen-bond donors (Lipinski definition) is 0. The van der Waals surface area contributed by atoms with Crippen LogP contribution in [0.15, 0.2) is 36.4 Å². The molecule has 0 unspecified atom stereocenters. The van der Waals surface area contributed by atoms with E-state index < -0.39 is 55.6 Å². The molecule has 0 amide bonds. The summed E-state index contributed by atoms with van der Waals surface area (Å²) < 4.78 is 46.4. The largest absolute Gasteiger partial charge is 0.493 e. The molecule has 0 saturated carbocycles. The molecule has 0 aliphatic carbocycles. The van der Waals surface area contributed by atoms with Crippen LogP contribution in [0.1, 0.15) is 87.9 Å². The van der Waals surface area contributed by atoms with Crippen molar-refractivity contribution in [1.29, 1.82) is 0 Å². The number of hydrogen-bond acceptors (Lipinski definition) is 14. The van der Waals surface area contributed by atoms with Gasteiger partial charge < -0.3 is 37.9 Å². The Labute approximate surface area is 302 Å². The first-order valence-electron chi connectivity index (χ1n) is 17.1. The summed E-state index contributed by atoms with van der Waals surface area (Å²) in [5.74, 6) is -1.94. The fraction of sp³-hybridized carbons (Fsp3) is 0.611. The maximum absolute atomic E-state index is 13.2. The third kappa shape index (κ3) is 12.1. The Morgan fingerprint density at radius 3 is 1.33 bits per heavy atom. The lowest BCUT2D eigenvalue weighted by molar-refractivity contribution is -0.394. The van der Waals surface area contributed by atoms with Gasteiger partial charge in [0.25, 0.3) is 11.4 Å². The molecule has 2 aliphatic rings. The number of nitro groups is 2. The van der Waals surface area contributed by atoms with Gasteiger partial charge in [-0.2, -0.15) is 0 Å². The van der Waals surface area contributed by atoms with Gasteiger partial charge in [0.2, 0.25) is 0 Å². The first-order chi connectivity index (χ1) is 24.4. The maximum Gasteiger partial charge on any atom is 0.338 e. The molecule has 0 radical (unpaired) electrons. The molecule has 4 rings (SSSR count). The number of rotatable bonds is 17. The second-order valence-corrected chi connectivity index (χ2v) is 14.8. The van der Waals surface area contributed by atoms with E-state index in [4.69, 9.17) is 37.9 Å². The van der Waals surface area contributed by atoms with Crippen LogP contribution >= 0.6 is 0 Å². The van der Waals surface area contributed by atoms with Crippen LogP contribution < -0.4 is 9.47 Å². The summed E-state index contributed by atoms with van der Waals surface area (Å²) in [4.78, 5) is 46.0. The quantitative estimate of drug-likeness (QED) is 0.0749. The Hall–Kier alpha value is -4.38. The first kappa shape index (κ1) is 40.4. The molecule has 0 aromatic heterocycles. The van der Waals surface area contributed by atoms with E-state index in [1.54, 1.807) is 18.2 Å². The molecule has 2 aromatic carbocycles. The van der Waals surface area contributed by atoms with Crippen molar-refractivity contribution in [2.45, 2.75) is 78.8 Å². The Balaban J connectivity index is 1.27. The van der Waals surface area contributed by atoms with Gasteiger partial charge >= 0.3 is 11.9 Å². The number of ether oxygens (including phenoxy) is 8. The zero-order valence-corrected chi connectivity index (χ0v) is 30.6. The lowest BCUT2D eigenvalue weighted by atomic mass is 9.93. The predicted molar refractivity (Wildman–Crippen MR) is 184 cm³/mol. The molecule has 0 bridgehead atoms. The van der Waals surface area contributed by atoms with E-state index in [0.717, 1.165) is 18.2 Å². The normalized spacial score (nSPS) is 18.5. The van der Waals surface area contributed by atoms with Crippen LogP contribution in [0.3, 0.4) is 0 Å². The van der Waals surface area contributed by atoms with Gasteiger partial charge in [0.05, 0.1) is 79.9 Å². The minimum atomic E-state index is -0.896. The zero-order chi connectivity index (χ0) is 38.2. The molecular weight excluding hydrogens is 684 g/mol. The predicted octanol–water partition coefficient (Wildman–Crippen LogP) is 6.41. The summed E-state index contributed by atoms with van der Waals surface area (Å²) in [6.07, 6.45) is 2.30. The lowest BCUT2D eigenvalue weighted by Gasteiger charge is -2.41. The van der Waals surface area contributed by atoms with Gasteiger partial charge in [0.1, 0.15) is 11.5 Å². The molecule has 2 aromatic rings. The lowest BCUT2D eigenvalue weighted by Crippen LogP contribution is -2.47. The van der Waals surface area contributed by atoms with Crippen molar-refractivity contribution in [3.05, 3.63) is 67.8 Å². The van der Waals surface area contributed by atoms with Crippen LogP contribution in [0.5, 0.6) is 11.5 Å². The molecule has 16 nitrogen and oxygen atoms in total. The van der Waals surface area contributed by atoms with Crippen LogP contribution in [0.2, 0.25) is 0 Å². The highest BCUT2D eigenvalue weighted by Gasteiger charge is 2.38. The fourth-order valence-corrected chi connectivity index (χ4v) is 5.07. The van der Waals surface area contributed by atoms with E-state index in [1.165, 1.54) is 0 Å². The van der Waals surface area contributed by atoms with Crippen molar-refractivity contribution < 1.29 is 57.3 Å². The smallest absolute Gasteiger partial charge is 0.338 e. The van der Waals surface area contributed by atoms with E-state index >= 15 is 0 Å². The molecule has 2 fully saturated rings. The van der Waals surface area contributed by atoms with Crippen molar-refractivity contribution in [2.75, 3.05) is 52.9 Å². The van der Waals surface area contributed by atoms with Gasteiger partial charge in [-0.1, -0.05) is 13.8 Å². The van der Waals surface area contributed by atoms with Crippen LogP contribution in [0.25, 0.3) is 0 Å². The summed E-state index contributed by atoms with van der Waals surface area (Å²) in [6, 6.07) is 7.57. The Kier molecular flexibility index (Phi) is 13.2. The highest BCUT2D eigenvalue weighted by atomic mass is 16.7. The summed E-state index contributed by atoms with van der Waals surface area (Å²) in [5.41, 5.74) is -2.00. The van der Waals surface area contributed by atoms with Crippen molar-refractivity contribution in [3.8, 4) is 11.5 Å². The second kappa shape index (κ2) is 17.0. The number of nitrogens with zero attached hydrogens (tertiary/aromatic N) is 2. The Morgan fingerprint density at radius 1 is 0.596 bits per heavy atom.